The van der Waals surface area contributed by atoms with E-state index in [1.807, 2.05) is 0 Å². The summed E-state index contributed by atoms with van der Waals surface area (Å²) in [4.78, 5) is 2.46. The van der Waals surface area contributed by atoms with E-state index in [4.69, 9.17) is 0 Å². The lowest BCUT2D eigenvalue weighted by Crippen LogP contribution is -2.28. The normalized spacial score (nSPS) is 13.8. The summed E-state index contributed by atoms with van der Waals surface area (Å²) in [6, 6.07) is 94.7. The minimum Gasteiger partial charge on any atom is -0.310 e. The lowest BCUT2D eigenvalue weighted by molar-refractivity contribution is 0.660. The number of fused-ring (bicyclic) bond motifs is 11. The maximum absolute atomic E-state index is 2.47. The number of para-hydroxylation sites is 2. The second kappa shape index (κ2) is 15.4. The SMILES string of the molecule is CC1(C)c2cc(-c3ccc4c5c6ccccc6ccc5n(-c5ccccc5)c4c3)ccc2-c2ccc(N(c3ccccc3)c3ccc4c(c3)C(c3ccccc3)(c3ccccc3)c3ccccc3-4)cc21. The molecule has 12 aromatic rings. The van der Waals surface area contributed by atoms with Gasteiger partial charge in [-0.05, 0) is 144 Å². The van der Waals surface area contributed by atoms with E-state index in [-0.39, 0.29) is 5.41 Å². The quantitative estimate of drug-likeness (QED) is 0.155. The van der Waals surface area contributed by atoms with Gasteiger partial charge in [0.2, 0.25) is 0 Å². The van der Waals surface area contributed by atoms with Gasteiger partial charge in [0.25, 0.3) is 0 Å². The van der Waals surface area contributed by atoms with E-state index in [1.165, 1.54) is 99.3 Å². The summed E-state index contributed by atoms with van der Waals surface area (Å²) < 4.78 is 2.44. The fourth-order valence-electron chi connectivity index (χ4n) is 12.5. The molecule has 0 bridgehead atoms. The largest absolute Gasteiger partial charge is 0.310 e. The Kier molecular flexibility index (Phi) is 8.88. The molecule has 14 rings (SSSR count). The first-order valence-corrected chi connectivity index (χ1v) is 24.5. The zero-order valence-corrected chi connectivity index (χ0v) is 39.1. The lowest BCUT2D eigenvalue weighted by atomic mass is 9.67. The second-order valence-electron chi connectivity index (χ2n) is 19.6. The van der Waals surface area contributed by atoms with E-state index in [1.54, 1.807) is 0 Å². The van der Waals surface area contributed by atoms with Crippen LogP contribution in [-0.2, 0) is 10.8 Å². The standard InChI is InChI=1S/C68H48N2/c1-67(2)61-41-46(47-32-37-59-65(42-47)70(51-26-13-6-14-27-51)64-40-33-45-19-15-16-28-54(45)66(59)64)31-36-56(61)57-38-34-52(43-62(57)67)69(50-24-11-5-12-25-50)53-35-39-58-55-29-17-18-30-60(55)68(63(58)44-53,48-20-7-3-8-21-48)49-22-9-4-10-23-49/h3-44H,1-2H3. The van der Waals surface area contributed by atoms with Gasteiger partial charge in [-0.3, -0.25) is 0 Å². The molecule has 1 heterocycles. The molecule has 1 aromatic heterocycles. The van der Waals surface area contributed by atoms with Crippen molar-refractivity contribution in [3.8, 4) is 39.1 Å². The van der Waals surface area contributed by atoms with Crippen molar-refractivity contribution in [2.24, 2.45) is 0 Å². The van der Waals surface area contributed by atoms with Gasteiger partial charge < -0.3 is 9.47 Å². The van der Waals surface area contributed by atoms with Gasteiger partial charge in [0.1, 0.15) is 0 Å². The zero-order chi connectivity index (χ0) is 46.6. The van der Waals surface area contributed by atoms with Crippen LogP contribution in [0.25, 0.3) is 71.6 Å². The van der Waals surface area contributed by atoms with E-state index in [0.29, 0.717) is 0 Å². The van der Waals surface area contributed by atoms with Gasteiger partial charge in [-0.2, -0.15) is 0 Å². The number of hydrogen-bond acceptors (Lipinski definition) is 1. The first kappa shape index (κ1) is 40.4. The molecule has 0 saturated carbocycles. The van der Waals surface area contributed by atoms with Crippen LogP contribution in [-0.4, -0.2) is 4.57 Å². The molecule has 2 nitrogen and oxygen atoms in total. The summed E-state index contributed by atoms with van der Waals surface area (Å²) >= 11 is 0. The van der Waals surface area contributed by atoms with Crippen LogP contribution in [0, 0.1) is 0 Å². The minimum atomic E-state index is -0.497. The van der Waals surface area contributed by atoms with Crippen molar-refractivity contribution in [2.45, 2.75) is 24.7 Å². The molecule has 2 aliphatic carbocycles. The molecule has 70 heavy (non-hydrogen) atoms. The Bertz CT molecular complexity index is 3980. The van der Waals surface area contributed by atoms with Crippen molar-refractivity contribution in [2.75, 3.05) is 4.90 Å². The maximum atomic E-state index is 2.47. The number of aromatic nitrogens is 1. The predicted octanol–water partition coefficient (Wildman–Crippen LogP) is 17.7. The van der Waals surface area contributed by atoms with Crippen molar-refractivity contribution < 1.29 is 0 Å². The molecule has 0 atom stereocenters. The number of benzene rings is 11. The van der Waals surface area contributed by atoms with E-state index in [9.17, 15) is 0 Å². The topological polar surface area (TPSA) is 8.17 Å². The number of nitrogens with zero attached hydrogens (tertiary/aromatic N) is 2. The molecule has 2 aliphatic rings. The first-order valence-electron chi connectivity index (χ1n) is 24.5. The van der Waals surface area contributed by atoms with E-state index >= 15 is 0 Å². The van der Waals surface area contributed by atoms with Crippen LogP contribution >= 0.6 is 0 Å². The Morgan fingerprint density at radius 2 is 0.871 bits per heavy atom. The molecule has 2 heteroatoms. The average Bonchev–Trinajstić information content (AvgIpc) is 4.00. The van der Waals surface area contributed by atoms with Crippen LogP contribution in [0.2, 0.25) is 0 Å². The molecule has 0 fully saturated rings. The minimum absolute atomic E-state index is 0.254. The Morgan fingerprint density at radius 1 is 0.343 bits per heavy atom. The smallest absolute Gasteiger partial charge is 0.0714 e. The fraction of sp³-hybridized carbons (Fsp3) is 0.0588. The summed E-state index contributed by atoms with van der Waals surface area (Å²) in [6.07, 6.45) is 0. The molecule has 0 amide bonds. The van der Waals surface area contributed by atoms with E-state index in [2.05, 4.69) is 278 Å². The molecule has 0 spiro atoms. The lowest BCUT2D eigenvalue weighted by Gasteiger charge is -2.35. The van der Waals surface area contributed by atoms with Crippen LogP contribution < -0.4 is 4.90 Å². The van der Waals surface area contributed by atoms with Crippen molar-refractivity contribution in [3.63, 3.8) is 0 Å². The summed E-state index contributed by atoms with van der Waals surface area (Å²) in [5.74, 6) is 0. The average molecular weight is 893 g/mol. The van der Waals surface area contributed by atoms with Gasteiger partial charge >= 0.3 is 0 Å². The van der Waals surface area contributed by atoms with Crippen LogP contribution in [0.1, 0.15) is 47.2 Å². The number of hydrogen-bond donors (Lipinski definition) is 0. The molecule has 0 saturated heterocycles. The van der Waals surface area contributed by atoms with Gasteiger partial charge in [-0.25, -0.2) is 0 Å². The third-order valence-corrected chi connectivity index (χ3v) is 15.6. The fourth-order valence-corrected chi connectivity index (χ4v) is 12.5. The third kappa shape index (κ3) is 5.80. The monoisotopic (exact) mass is 892 g/mol. The van der Waals surface area contributed by atoms with Crippen molar-refractivity contribution in [3.05, 3.63) is 288 Å². The molecule has 0 unspecified atom stereocenters. The Labute approximate surface area is 409 Å². The van der Waals surface area contributed by atoms with Crippen LogP contribution in [0.4, 0.5) is 17.1 Å². The highest BCUT2D eigenvalue weighted by atomic mass is 15.1. The molecule has 0 aliphatic heterocycles. The van der Waals surface area contributed by atoms with Gasteiger partial charge in [0.05, 0.1) is 16.4 Å². The number of anilines is 3. The summed E-state index contributed by atoms with van der Waals surface area (Å²) in [6.45, 7) is 4.81. The third-order valence-electron chi connectivity index (χ3n) is 15.6. The van der Waals surface area contributed by atoms with Gasteiger partial charge in [-0.1, -0.05) is 202 Å². The highest BCUT2D eigenvalue weighted by molar-refractivity contribution is 6.21. The highest BCUT2D eigenvalue weighted by Gasteiger charge is 2.46. The molecule has 0 N–H and O–H groups in total. The highest BCUT2D eigenvalue weighted by Crippen LogP contribution is 2.58. The molecule has 330 valence electrons. The van der Waals surface area contributed by atoms with Crippen molar-refractivity contribution in [1.29, 1.82) is 0 Å². The van der Waals surface area contributed by atoms with Gasteiger partial charge in [0, 0.05) is 38.9 Å². The molecular formula is C68H48N2. The van der Waals surface area contributed by atoms with E-state index in [0.717, 1.165) is 22.7 Å². The molecule has 11 aromatic carbocycles. The molecule has 0 radical (unpaired) electrons. The van der Waals surface area contributed by atoms with Gasteiger partial charge in [-0.15, -0.1) is 0 Å². The maximum Gasteiger partial charge on any atom is 0.0714 e. The molecular weight excluding hydrogens is 845 g/mol. The summed E-state index contributed by atoms with van der Waals surface area (Å²) in [7, 11) is 0. The summed E-state index contributed by atoms with van der Waals surface area (Å²) in [5.41, 5.74) is 21.6. The van der Waals surface area contributed by atoms with Crippen molar-refractivity contribution >= 4 is 49.6 Å². The van der Waals surface area contributed by atoms with Crippen LogP contribution in [0.3, 0.4) is 0 Å². The Morgan fingerprint density at radius 3 is 1.59 bits per heavy atom. The Hall–Kier alpha value is -8.72. The second-order valence-corrected chi connectivity index (χ2v) is 19.6. The first-order chi connectivity index (χ1) is 34.5. The van der Waals surface area contributed by atoms with Crippen molar-refractivity contribution in [1.82, 2.24) is 4.57 Å². The van der Waals surface area contributed by atoms with E-state index < -0.39 is 5.41 Å². The van der Waals surface area contributed by atoms with Gasteiger partial charge in [0.15, 0.2) is 0 Å². The Balaban J connectivity index is 0.899. The van der Waals surface area contributed by atoms with Crippen LogP contribution in [0.5, 0.6) is 0 Å². The summed E-state index contributed by atoms with van der Waals surface area (Å²) in [5, 5.41) is 5.10. The van der Waals surface area contributed by atoms with Crippen LogP contribution in [0.15, 0.2) is 255 Å². The predicted molar refractivity (Wildman–Crippen MR) is 293 cm³/mol. The zero-order valence-electron chi connectivity index (χ0n) is 39.1. The number of rotatable bonds is 7.